The number of halogens is 1. The zero-order chi connectivity index (χ0) is 18.2. The van der Waals surface area contributed by atoms with Gasteiger partial charge in [0, 0.05) is 17.3 Å². The van der Waals surface area contributed by atoms with Gasteiger partial charge in [-0.15, -0.1) is 0 Å². The van der Waals surface area contributed by atoms with Crippen LogP contribution in [0.4, 0.5) is 10.1 Å². The molecular weight excluding hydrogens is 329 g/mol. The molecule has 7 heteroatoms. The molecule has 0 bridgehead atoms. The molecule has 0 heterocycles. The summed E-state index contributed by atoms with van der Waals surface area (Å²) < 4.78 is 22.8. The normalized spacial score (nSPS) is 10.0. The number of hydrogen-bond acceptors (Lipinski definition) is 5. The molecule has 0 unspecified atom stereocenters. The van der Waals surface area contributed by atoms with Gasteiger partial charge in [0.05, 0.1) is 0 Å². The predicted octanol–water partition coefficient (Wildman–Crippen LogP) is 2.59. The fourth-order valence-electron chi connectivity index (χ4n) is 1.90. The van der Waals surface area contributed by atoms with Crippen molar-refractivity contribution >= 4 is 23.3 Å². The van der Waals surface area contributed by atoms with E-state index in [1.807, 2.05) is 0 Å². The van der Waals surface area contributed by atoms with Gasteiger partial charge in [-0.05, 0) is 31.2 Å². The Morgan fingerprint density at radius 3 is 2.52 bits per heavy atom. The number of Topliss-reactive ketones (excluding diaryl/α,β-unsaturated/α-hetero) is 1. The Balaban J connectivity index is 1.76. The number of anilines is 1. The number of rotatable bonds is 7. The molecule has 0 aliphatic carbocycles. The third-order valence-electron chi connectivity index (χ3n) is 3.07. The second-order valence-corrected chi connectivity index (χ2v) is 5.09. The van der Waals surface area contributed by atoms with Crippen LogP contribution in [-0.4, -0.2) is 30.9 Å². The van der Waals surface area contributed by atoms with Gasteiger partial charge in [0.25, 0.3) is 5.91 Å². The van der Waals surface area contributed by atoms with Crippen molar-refractivity contribution in [2.45, 2.75) is 6.92 Å². The van der Waals surface area contributed by atoms with E-state index < -0.39 is 30.9 Å². The average Bonchev–Trinajstić information content (AvgIpc) is 2.58. The summed E-state index contributed by atoms with van der Waals surface area (Å²) in [5, 5.41) is 2.52. The number of carbonyl (C=O) groups is 3. The maximum absolute atomic E-state index is 13.0. The maximum atomic E-state index is 13.0. The lowest BCUT2D eigenvalue weighted by Gasteiger charge is -2.08. The largest absolute Gasteiger partial charge is 0.482 e. The molecule has 2 rings (SSSR count). The Bertz CT molecular complexity index is 791. The van der Waals surface area contributed by atoms with Gasteiger partial charge in [-0.25, -0.2) is 9.18 Å². The van der Waals surface area contributed by atoms with Gasteiger partial charge in [-0.1, -0.05) is 18.2 Å². The number of amides is 1. The van der Waals surface area contributed by atoms with E-state index in [4.69, 9.17) is 9.47 Å². The van der Waals surface area contributed by atoms with Crippen LogP contribution in [-0.2, 0) is 14.3 Å². The first kappa shape index (κ1) is 18.1. The van der Waals surface area contributed by atoms with Gasteiger partial charge >= 0.3 is 5.97 Å². The zero-order valence-corrected chi connectivity index (χ0v) is 13.5. The summed E-state index contributed by atoms with van der Waals surface area (Å²) in [6.07, 6.45) is 0. The van der Waals surface area contributed by atoms with Crippen LogP contribution in [0.2, 0.25) is 0 Å². The first-order valence-corrected chi connectivity index (χ1v) is 7.39. The minimum atomic E-state index is -0.767. The van der Waals surface area contributed by atoms with Gasteiger partial charge in [-0.2, -0.15) is 0 Å². The average molecular weight is 345 g/mol. The lowest BCUT2D eigenvalue weighted by Crippen LogP contribution is -2.23. The Morgan fingerprint density at radius 2 is 1.80 bits per heavy atom. The summed E-state index contributed by atoms with van der Waals surface area (Å²) >= 11 is 0. The molecular formula is C18H16FNO5. The lowest BCUT2D eigenvalue weighted by molar-refractivity contribution is -0.149. The third-order valence-corrected chi connectivity index (χ3v) is 3.07. The van der Waals surface area contributed by atoms with Crippen LogP contribution in [0.5, 0.6) is 5.75 Å². The van der Waals surface area contributed by atoms with Crippen LogP contribution < -0.4 is 10.1 Å². The van der Waals surface area contributed by atoms with Crippen molar-refractivity contribution in [2.24, 2.45) is 0 Å². The number of ether oxygens (including phenoxy) is 2. The Labute approximate surface area is 143 Å². The molecule has 2 aromatic rings. The molecule has 1 amide bonds. The van der Waals surface area contributed by atoms with Crippen LogP contribution in [0.1, 0.15) is 17.3 Å². The van der Waals surface area contributed by atoms with E-state index in [2.05, 4.69) is 5.32 Å². The van der Waals surface area contributed by atoms with Crippen molar-refractivity contribution in [3.05, 3.63) is 59.9 Å². The summed E-state index contributed by atoms with van der Waals surface area (Å²) in [5.41, 5.74) is 0.878. The SMILES string of the molecule is CC(=O)c1cccc(NC(=O)COC(=O)COc2cccc(F)c2)c1. The van der Waals surface area contributed by atoms with Crippen LogP contribution in [0.3, 0.4) is 0 Å². The molecule has 0 saturated carbocycles. The molecule has 0 atom stereocenters. The van der Waals surface area contributed by atoms with Gasteiger partial charge in [0.1, 0.15) is 11.6 Å². The van der Waals surface area contributed by atoms with Crippen molar-refractivity contribution in [1.29, 1.82) is 0 Å². The van der Waals surface area contributed by atoms with Crippen LogP contribution in [0.25, 0.3) is 0 Å². The van der Waals surface area contributed by atoms with E-state index in [0.717, 1.165) is 6.07 Å². The Kier molecular flexibility index (Phi) is 6.22. The first-order valence-electron chi connectivity index (χ1n) is 7.39. The highest BCUT2D eigenvalue weighted by atomic mass is 19.1. The number of ketones is 1. The standard InChI is InChI=1S/C18H16FNO5/c1-12(21)13-4-2-6-15(8-13)20-17(22)10-25-18(23)11-24-16-7-3-5-14(19)9-16/h2-9H,10-11H2,1H3,(H,20,22). The third kappa shape index (κ3) is 6.06. The van der Waals surface area contributed by atoms with E-state index in [1.54, 1.807) is 18.2 Å². The van der Waals surface area contributed by atoms with Crippen molar-refractivity contribution in [3.8, 4) is 5.75 Å². The second-order valence-electron chi connectivity index (χ2n) is 5.09. The minimum Gasteiger partial charge on any atom is -0.482 e. The zero-order valence-electron chi connectivity index (χ0n) is 13.5. The predicted molar refractivity (Wildman–Crippen MR) is 87.9 cm³/mol. The molecule has 0 fully saturated rings. The van der Waals surface area contributed by atoms with E-state index in [-0.39, 0.29) is 11.5 Å². The summed E-state index contributed by atoms with van der Waals surface area (Å²) in [5.74, 6) is -1.76. The summed E-state index contributed by atoms with van der Waals surface area (Å²) in [6, 6.07) is 11.7. The molecule has 0 radical (unpaired) electrons. The summed E-state index contributed by atoms with van der Waals surface area (Å²) in [4.78, 5) is 34.6. The molecule has 25 heavy (non-hydrogen) atoms. The summed E-state index contributed by atoms with van der Waals surface area (Å²) in [7, 11) is 0. The van der Waals surface area contributed by atoms with E-state index in [9.17, 15) is 18.8 Å². The van der Waals surface area contributed by atoms with Crippen molar-refractivity contribution in [1.82, 2.24) is 0 Å². The quantitative estimate of drug-likeness (QED) is 0.616. The molecule has 0 aromatic heterocycles. The van der Waals surface area contributed by atoms with Gasteiger partial charge < -0.3 is 14.8 Å². The minimum absolute atomic E-state index is 0.128. The summed E-state index contributed by atoms with van der Waals surface area (Å²) in [6.45, 7) is 0.466. The molecule has 0 saturated heterocycles. The number of carbonyl (C=O) groups excluding carboxylic acids is 3. The van der Waals surface area contributed by atoms with Gasteiger partial charge in [0.15, 0.2) is 19.0 Å². The Morgan fingerprint density at radius 1 is 1.04 bits per heavy atom. The smallest absolute Gasteiger partial charge is 0.344 e. The molecule has 6 nitrogen and oxygen atoms in total. The molecule has 1 N–H and O–H groups in total. The molecule has 130 valence electrons. The Hall–Kier alpha value is -3.22. The van der Waals surface area contributed by atoms with Crippen LogP contribution in [0.15, 0.2) is 48.5 Å². The first-order chi connectivity index (χ1) is 11.9. The lowest BCUT2D eigenvalue weighted by atomic mass is 10.1. The van der Waals surface area contributed by atoms with E-state index >= 15 is 0 Å². The van der Waals surface area contributed by atoms with Gasteiger partial charge in [-0.3, -0.25) is 9.59 Å². The van der Waals surface area contributed by atoms with Crippen molar-refractivity contribution in [3.63, 3.8) is 0 Å². The monoisotopic (exact) mass is 345 g/mol. The van der Waals surface area contributed by atoms with Gasteiger partial charge in [0.2, 0.25) is 0 Å². The fourth-order valence-corrected chi connectivity index (χ4v) is 1.90. The highest BCUT2D eigenvalue weighted by Crippen LogP contribution is 2.12. The molecule has 0 aliphatic heterocycles. The molecule has 0 spiro atoms. The highest BCUT2D eigenvalue weighted by Gasteiger charge is 2.10. The van der Waals surface area contributed by atoms with E-state index in [1.165, 1.54) is 31.2 Å². The van der Waals surface area contributed by atoms with Crippen LogP contribution >= 0.6 is 0 Å². The molecule has 0 aliphatic rings. The van der Waals surface area contributed by atoms with Crippen LogP contribution in [0, 0.1) is 5.82 Å². The number of benzene rings is 2. The van der Waals surface area contributed by atoms with E-state index in [0.29, 0.717) is 11.3 Å². The topological polar surface area (TPSA) is 81.7 Å². The number of esters is 1. The number of hydrogen-bond donors (Lipinski definition) is 1. The maximum Gasteiger partial charge on any atom is 0.344 e. The second kappa shape index (κ2) is 8.58. The highest BCUT2D eigenvalue weighted by molar-refractivity contribution is 5.97. The molecule has 2 aromatic carbocycles. The van der Waals surface area contributed by atoms with Crippen molar-refractivity contribution < 1.29 is 28.2 Å². The number of nitrogens with one attached hydrogen (secondary N) is 1. The van der Waals surface area contributed by atoms with Crippen molar-refractivity contribution in [2.75, 3.05) is 18.5 Å². The fraction of sp³-hybridized carbons (Fsp3) is 0.167.